The number of esters is 1. The molecule has 0 aliphatic rings. The summed E-state index contributed by atoms with van der Waals surface area (Å²) in [5.41, 5.74) is 1.63. The maximum absolute atomic E-state index is 11.7. The van der Waals surface area contributed by atoms with Gasteiger partial charge in [0.25, 0.3) is 5.78 Å². The molecule has 1 aromatic heterocycles. The quantitative estimate of drug-likeness (QED) is 0.443. The lowest BCUT2D eigenvalue weighted by molar-refractivity contribution is -0.137. The first kappa shape index (κ1) is 11.3. The van der Waals surface area contributed by atoms with E-state index in [-0.39, 0.29) is 12.2 Å². The van der Waals surface area contributed by atoms with Crippen LogP contribution in [0.3, 0.4) is 0 Å². The number of ether oxygens (including phenoxy) is 1. The van der Waals surface area contributed by atoms with Crippen molar-refractivity contribution in [1.82, 2.24) is 15.0 Å². The summed E-state index contributed by atoms with van der Waals surface area (Å²) >= 11 is 0. The van der Waals surface area contributed by atoms with Crippen molar-refractivity contribution in [1.29, 1.82) is 0 Å². The van der Waals surface area contributed by atoms with E-state index >= 15 is 0 Å². The summed E-state index contributed by atoms with van der Waals surface area (Å²) in [5.74, 6) is -1.52. The Morgan fingerprint density at radius 1 is 1.41 bits per heavy atom. The minimum absolute atomic E-state index is 0.179. The second kappa shape index (κ2) is 4.32. The number of aryl methyl sites for hydroxylation is 1. The van der Waals surface area contributed by atoms with Gasteiger partial charge < -0.3 is 4.74 Å². The number of nitrogens with zero attached hydrogens (tertiary/aromatic N) is 3. The molecule has 88 valence electrons. The molecule has 1 heterocycles. The van der Waals surface area contributed by atoms with Crippen molar-refractivity contribution >= 4 is 22.8 Å². The first-order chi connectivity index (χ1) is 8.13. The lowest BCUT2D eigenvalue weighted by atomic mass is 10.1. The van der Waals surface area contributed by atoms with Crippen molar-refractivity contribution in [3.05, 3.63) is 23.8 Å². The largest absolute Gasteiger partial charge is 0.460 e. The Hall–Kier alpha value is -2.24. The Labute approximate surface area is 97.2 Å². The number of rotatable bonds is 3. The molecule has 0 unspecified atom stereocenters. The zero-order valence-electron chi connectivity index (χ0n) is 9.51. The van der Waals surface area contributed by atoms with Crippen molar-refractivity contribution < 1.29 is 14.3 Å². The maximum atomic E-state index is 11.7. The van der Waals surface area contributed by atoms with Crippen LogP contribution >= 0.6 is 0 Å². The number of carbonyl (C=O) groups is 2. The van der Waals surface area contributed by atoms with Gasteiger partial charge in [-0.15, -0.1) is 5.10 Å². The summed E-state index contributed by atoms with van der Waals surface area (Å²) < 4.78 is 6.24. The third-order valence-electron chi connectivity index (χ3n) is 2.33. The Kier molecular flexibility index (Phi) is 2.86. The van der Waals surface area contributed by atoms with Crippen LogP contribution in [0.25, 0.3) is 11.0 Å². The molecule has 2 rings (SSSR count). The second-order valence-corrected chi connectivity index (χ2v) is 3.47. The summed E-state index contributed by atoms with van der Waals surface area (Å²) in [6, 6.07) is 4.79. The zero-order chi connectivity index (χ0) is 12.4. The number of carbonyl (C=O) groups excluding carboxylic acids is 2. The topological polar surface area (TPSA) is 74.1 Å². The molecule has 0 aliphatic heterocycles. The average molecular weight is 233 g/mol. The molecule has 0 radical (unpaired) electrons. The molecule has 2 aromatic rings. The standard InChI is InChI=1S/C11H11N3O3/c1-3-17-11(16)10(15)7-4-5-9-8(6-7)12-13-14(9)2/h4-6H,3H2,1-2H3. The van der Waals surface area contributed by atoms with Gasteiger partial charge in [-0.05, 0) is 25.1 Å². The number of hydrogen-bond donors (Lipinski definition) is 0. The van der Waals surface area contributed by atoms with E-state index in [1.54, 1.807) is 30.8 Å². The SMILES string of the molecule is CCOC(=O)C(=O)c1ccc2c(c1)nnn2C. The van der Waals surface area contributed by atoms with Crippen LogP contribution in [-0.2, 0) is 16.6 Å². The first-order valence-electron chi connectivity index (χ1n) is 5.14. The summed E-state index contributed by atoms with van der Waals surface area (Å²) in [6.07, 6.45) is 0. The van der Waals surface area contributed by atoms with Gasteiger partial charge in [0.15, 0.2) is 0 Å². The Morgan fingerprint density at radius 3 is 2.88 bits per heavy atom. The molecule has 17 heavy (non-hydrogen) atoms. The lowest BCUT2D eigenvalue weighted by Crippen LogP contribution is -2.17. The number of fused-ring (bicyclic) bond motifs is 1. The van der Waals surface area contributed by atoms with Crippen molar-refractivity contribution in [2.45, 2.75) is 6.92 Å². The molecule has 6 nitrogen and oxygen atoms in total. The maximum Gasteiger partial charge on any atom is 0.379 e. The van der Waals surface area contributed by atoms with Gasteiger partial charge in [-0.1, -0.05) is 5.21 Å². The summed E-state index contributed by atoms with van der Waals surface area (Å²) in [5, 5.41) is 7.69. The van der Waals surface area contributed by atoms with Crippen molar-refractivity contribution in [2.24, 2.45) is 7.05 Å². The highest BCUT2D eigenvalue weighted by Gasteiger charge is 2.18. The van der Waals surface area contributed by atoms with E-state index in [4.69, 9.17) is 0 Å². The first-order valence-corrected chi connectivity index (χ1v) is 5.14. The van der Waals surface area contributed by atoms with E-state index in [1.165, 1.54) is 6.07 Å². The van der Waals surface area contributed by atoms with Gasteiger partial charge in [-0.2, -0.15) is 0 Å². The Balaban J connectivity index is 2.36. The fourth-order valence-electron chi connectivity index (χ4n) is 1.50. The highest BCUT2D eigenvalue weighted by atomic mass is 16.5. The van der Waals surface area contributed by atoms with Gasteiger partial charge in [0, 0.05) is 12.6 Å². The molecular formula is C11H11N3O3. The van der Waals surface area contributed by atoms with Crippen LogP contribution < -0.4 is 0 Å². The van der Waals surface area contributed by atoms with Crippen LogP contribution in [0.1, 0.15) is 17.3 Å². The van der Waals surface area contributed by atoms with E-state index in [2.05, 4.69) is 15.0 Å². The molecule has 1 aromatic carbocycles. The fourth-order valence-corrected chi connectivity index (χ4v) is 1.50. The summed E-state index contributed by atoms with van der Waals surface area (Å²) in [4.78, 5) is 22.9. The van der Waals surface area contributed by atoms with E-state index in [0.717, 1.165) is 5.52 Å². The highest BCUT2D eigenvalue weighted by Crippen LogP contribution is 2.13. The van der Waals surface area contributed by atoms with E-state index in [1.807, 2.05) is 0 Å². The molecule has 0 atom stereocenters. The molecule has 0 amide bonds. The molecular weight excluding hydrogens is 222 g/mol. The third kappa shape index (κ3) is 2.01. The van der Waals surface area contributed by atoms with Gasteiger partial charge in [0.2, 0.25) is 0 Å². The molecule has 0 saturated carbocycles. The van der Waals surface area contributed by atoms with Gasteiger partial charge >= 0.3 is 5.97 Å². The molecule has 0 saturated heterocycles. The van der Waals surface area contributed by atoms with Gasteiger partial charge in [0.1, 0.15) is 5.52 Å². The molecule has 0 bridgehead atoms. The average Bonchev–Trinajstić information content (AvgIpc) is 2.70. The summed E-state index contributed by atoms with van der Waals surface area (Å²) in [6.45, 7) is 1.83. The zero-order valence-corrected chi connectivity index (χ0v) is 9.51. The smallest absolute Gasteiger partial charge is 0.379 e. The van der Waals surface area contributed by atoms with Crippen molar-refractivity contribution in [3.63, 3.8) is 0 Å². The predicted octanol–water partition coefficient (Wildman–Crippen LogP) is 0.714. The van der Waals surface area contributed by atoms with Gasteiger partial charge in [-0.3, -0.25) is 4.79 Å². The van der Waals surface area contributed by atoms with Crippen molar-refractivity contribution in [2.75, 3.05) is 6.61 Å². The van der Waals surface area contributed by atoms with Crippen LogP contribution in [-0.4, -0.2) is 33.4 Å². The van der Waals surface area contributed by atoms with E-state index < -0.39 is 11.8 Å². The molecule has 6 heteroatoms. The van der Waals surface area contributed by atoms with Crippen molar-refractivity contribution in [3.8, 4) is 0 Å². The van der Waals surface area contributed by atoms with Crippen LogP contribution in [0, 0.1) is 0 Å². The number of hydrogen-bond acceptors (Lipinski definition) is 5. The number of Topliss-reactive ketones (excluding diaryl/α,β-unsaturated/α-hetero) is 1. The number of benzene rings is 1. The van der Waals surface area contributed by atoms with E-state index in [0.29, 0.717) is 5.52 Å². The minimum Gasteiger partial charge on any atom is -0.460 e. The van der Waals surface area contributed by atoms with Crippen LogP contribution in [0.2, 0.25) is 0 Å². The molecule has 0 fully saturated rings. The third-order valence-corrected chi connectivity index (χ3v) is 2.33. The second-order valence-electron chi connectivity index (χ2n) is 3.47. The number of aromatic nitrogens is 3. The van der Waals surface area contributed by atoms with Crippen LogP contribution in [0.5, 0.6) is 0 Å². The summed E-state index contributed by atoms with van der Waals surface area (Å²) in [7, 11) is 1.75. The molecule has 0 spiro atoms. The van der Waals surface area contributed by atoms with Gasteiger partial charge in [-0.25, -0.2) is 9.48 Å². The van der Waals surface area contributed by atoms with Crippen LogP contribution in [0.15, 0.2) is 18.2 Å². The normalized spacial score (nSPS) is 10.5. The highest BCUT2D eigenvalue weighted by molar-refractivity contribution is 6.40. The van der Waals surface area contributed by atoms with Gasteiger partial charge in [0.05, 0.1) is 12.1 Å². The number of ketones is 1. The fraction of sp³-hybridized carbons (Fsp3) is 0.273. The van der Waals surface area contributed by atoms with Crippen LogP contribution in [0.4, 0.5) is 0 Å². The molecule has 0 aliphatic carbocycles. The Morgan fingerprint density at radius 2 is 2.18 bits per heavy atom. The lowest BCUT2D eigenvalue weighted by Gasteiger charge is -2.00. The molecule has 0 N–H and O–H groups in total. The van der Waals surface area contributed by atoms with E-state index in [9.17, 15) is 9.59 Å². The minimum atomic E-state index is -0.851. The monoisotopic (exact) mass is 233 g/mol. The predicted molar refractivity (Wildman–Crippen MR) is 59.5 cm³/mol. The Bertz CT molecular complexity index is 589.